The van der Waals surface area contributed by atoms with E-state index in [-0.39, 0.29) is 5.96 Å². The molecule has 0 radical (unpaired) electrons. The normalized spacial score (nSPS) is 24.2. The fourth-order valence-corrected chi connectivity index (χ4v) is 6.53. The van der Waals surface area contributed by atoms with Gasteiger partial charge in [0.2, 0.25) is 16.0 Å². The molecule has 8 nitrogen and oxygen atoms in total. The van der Waals surface area contributed by atoms with Crippen molar-refractivity contribution in [2.45, 2.75) is 37.5 Å². The summed E-state index contributed by atoms with van der Waals surface area (Å²) in [4.78, 5) is 13.8. The third kappa shape index (κ3) is 3.10. The van der Waals surface area contributed by atoms with Crippen LogP contribution in [-0.2, 0) is 22.0 Å². The molecule has 2 aromatic heterocycles. The first-order chi connectivity index (χ1) is 15.2. The van der Waals surface area contributed by atoms with E-state index < -0.39 is 20.8 Å². The standard InChI is InChI=1S/C23H25N5O3S/c1-14-10-16-6-8-25-18(21(16)26-13-14)12-15-4-5-19-17(11-15)23(2)20(7-9-31-19)32(29,30)28(3)22(24)27-23/h4-6,8,10-11,13,20H,7,9,12H2,1-3H3,(H2,24,27)/t20-,23+/m0/s1. The lowest BCUT2D eigenvalue weighted by Gasteiger charge is -2.40. The number of pyridine rings is 2. The molecule has 166 valence electrons. The third-order valence-corrected chi connectivity index (χ3v) is 8.81. The Hall–Kier alpha value is -3.20. The van der Waals surface area contributed by atoms with Crippen molar-refractivity contribution >= 4 is 26.9 Å². The van der Waals surface area contributed by atoms with Crippen molar-refractivity contribution in [3.63, 3.8) is 0 Å². The summed E-state index contributed by atoms with van der Waals surface area (Å²) in [5, 5.41) is 0.281. The van der Waals surface area contributed by atoms with Crippen LogP contribution >= 0.6 is 0 Å². The molecule has 5 rings (SSSR count). The SMILES string of the molecule is Cc1cnc2c(Cc3ccc4c(c3)[C@@]3(C)N=C(N)N(C)S(=O)(=O)[C@H]3CCO4)nccc2c1. The number of aryl methyl sites for hydroxylation is 1. The number of benzene rings is 1. The summed E-state index contributed by atoms with van der Waals surface area (Å²) in [6.45, 7) is 4.13. The van der Waals surface area contributed by atoms with Crippen molar-refractivity contribution in [1.82, 2.24) is 14.3 Å². The summed E-state index contributed by atoms with van der Waals surface area (Å²) in [7, 11) is -2.22. The van der Waals surface area contributed by atoms with Gasteiger partial charge in [-0.15, -0.1) is 0 Å². The van der Waals surface area contributed by atoms with Gasteiger partial charge in [-0.2, -0.15) is 0 Å². The molecule has 0 spiro atoms. The van der Waals surface area contributed by atoms with Crippen LogP contribution in [0, 0.1) is 6.92 Å². The summed E-state index contributed by atoms with van der Waals surface area (Å²) in [6, 6.07) is 9.88. The molecular weight excluding hydrogens is 426 g/mol. The van der Waals surface area contributed by atoms with Crippen molar-refractivity contribution in [2.24, 2.45) is 10.7 Å². The number of aliphatic imine (C=N–C) groups is 1. The van der Waals surface area contributed by atoms with E-state index in [0.29, 0.717) is 25.2 Å². The van der Waals surface area contributed by atoms with Gasteiger partial charge in [0, 0.05) is 43.2 Å². The number of fused-ring (bicyclic) bond motifs is 4. The Bertz CT molecular complexity index is 1370. The van der Waals surface area contributed by atoms with Crippen LogP contribution in [0.2, 0.25) is 0 Å². The van der Waals surface area contributed by atoms with Crippen molar-refractivity contribution in [1.29, 1.82) is 0 Å². The first kappa shape index (κ1) is 20.7. The maximum atomic E-state index is 13.2. The Morgan fingerprint density at radius 3 is 2.88 bits per heavy atom. The molecule has 2 N–H and O–H groups in total. The van der Waals surface area contributed by atoms with Crippen LogP contribution in [0.3, 0.4) is 0 Å². The second-order valence-electron chi connectivity index (χ2n) is 8.61. The number of sulfonamides is 1. The highest BCUT2D eigenvalue weighted by Gasteiger charge is 2.52. The van der Waals surface area contributed by atoms with Gasteiger partial charge in [0.1, 0.15) is 16.5 Å². The van der Waals surface area contributed by atoms with E-state index in [1.807, 2.05) is 44.3 Å². The molecule has 0 saturated heterocycles. The Morgan fingerprint density at radius 2 is 2.06 bits per heavy atom. The van der Waals surface area contributed by atoms with Crippen LogP contribution < -0.4 is 10.5 Å². The average Bonchev–Trinajstić information content (AvgIpc) is 2.89. The molecule has 0 fully saturated rings. The fraction of sp³-hybridized carbons (Fsp3) is 0.348. The van der Waals surface area contributed by atoms with Gasteiger partial charge in [-0.1, -0.05) is 6.07 Å². The predicted molar refractivity (Wildman–Crippen MR) is 123 cm³/mol. The molecule has 0 unspecified atom stereocenters. The number of ether oxygens (including phenoxy) is 1. The van der Waals surface area contributed by atoms with Crippen molar-refractivity contribution in [2.75, 3.05) is 13.7 Å². The van der Waals surface area contributed by atoms with Crippen LogP contribution in [0.4, 0.5) is 0 Å². The minimum absolute atomic E-state index is 0.0164. The largest absolute Gasteiger partial charge is 0.493 e. The molecule has 9 heteroatoms. The molecular formula is C23H25N5O3S. The molecule has 1 aromatic carbocycles. The fourth-order valence-electron chi connectivity index (χ4n) is 4.69. The zero-order chi connectivity index (χ0) is 22.7. The predicted octanol–water partition coefficient (Wildman–Crippen LogP) is 2.49. The lowest BCUT2D eigenvalue weighted by molar-refractivity contribution is 0.310. The number of hydrogen-bond acceptors (Lipinski definition) is 7. The highest BCUT2D eigenvalue weighted by molar-refractivity contribution is 7.90. The summed E-state index contributed by atoms with van der Waals surface area (Å²) >= 11 is 0. The maximum Gasteiger partial charge on any atom is 0.242 e. The number of aromatic nitrogens is 2. The van der Waals surface area contributed by atoms with E-state index in [0.717, 1.165) is 37.6 Å². The van der Waals surface area contributed by atoms with Gasteiger partial charge < -0.3 is 10.5 Å². The van der Waals surface area contributed by atoms with Crippen molar-refractivity contribution in [3.05, 3.63) is 65.1 Å². The van der Waals surface area contributed by atoms with Gasteiger partial charge in [0.25, 0.3) is 0 Å². The minimum atomic E-state index is -3.67. The number of nitrogens with two attached hydrogens (primary N) is 1. The van der Waals surface area contributed by atoms with Gasteiger partial charge in [0.15, 0.2) is 0 Å². The minimum Gasteiger partial charge on any atom is -0.493 e. The molecule has 32 heavy (non-hydrogen) atoms. The van der Waals surface area contributed by atoms with Gasteiger partial charge in [-0.3, -0.25) is 9.97 Å². The Morgan fingerprint density at radius 1 is 1.25 bits per heavy atom. The number of hydrogen-bond donors (Lipinski definition) is 1. The maximum absolute atomic E-state index is 13.2. The molecule has 0 aliphatic carbocycles. The highest BCUT2D eigenvalue weighted by Crippen LogP contribution is 2.45. The molecule has 2 atom stereocenters. The van der Waals surface area contributed by atoms with E-state index in [1.54, 1.807) is 6.20 Å². The second-order valence-corrected chi connectivity index (χ2v) is 10.8. The highest BCUT2D eigenvalue weighted by atomic mass is 32.2. The number of guanidine groups is 1. The molecule has 0 bridgehead atoms. The van der Waals surface area contributed by atoms with Crippen LogP contribution in [0.5, 0.6) is 5.75 Å². The molecule has 2 aliphatic heterocycles. The quantitative estimate of drug-likeness (QED) is 0.641. The van der Waals surface area contributed by atoms with Gasteiger partial charge in [0.05, 0.1) is 17.8 Å². The third-order valence-electron chi connectivity index (χ3n) is 6.45. The molecule has 0 amide bonds. The lowest BCUT2D eigenvalue weighted by atomic mass is 9.86. The monoisotopic (exact) mass is 451 g/mol. The molecule has 4 heterocycles. The van der Waals surface area contributed by atoms with Crippen LogP contribution in [-0.4, -0.2) is 47.6 Å². The first-order valence-electron chi connectivity index (χ1n) is 10.5. The Labute approximate surface area is 187 Å². The Kier molecular flexibility index (Phi) is 4.63. The molecule has 2 aliphatic rings. The first-order valence-corrected chi connectivity index (χ1v) is 12.0. The van der Waals surface area contributed by atoms with Crippen molar-refractivity contribution in [3.8, 4) is 5.75 Å². The zero-order valence-corrected chi connectivity index (χ0v) is 19.1. The van der Waals surface area contributed by atoms with Gasteiger partial charge in [-0.05, 0) is 49.2 Å². The number of rotatable bonds is 2. The summed E-state index contributed by atoms with van der Waals surface area (Å²) < 4.78 is 33.3. The molecule has 3 aromatic rings. The average molecular weight is 452 g/mol. The van der Waals surface area contributed by atoms with E-state index >= 15 is 0 Å². The number of nitrogens with zero attached hydrogens (tertiary/aromatic N) is 4. The van der Waals surface area contributed by atoms with E-state index in [4.69, 9.17) is 10.5 Å². The van der Waals surface area contributed by atoms with Crippen LogP contribution in [0.1, 0.15) is 35.7 Å². The summed E-state index contributed by atoms with van der Waals surface area (Å²) in [5.74, 6) is 0.618. The topological polar surface area (TPSA) is 111 Å². The van der Waals surface area contributed by atoms with Gasteiger partial charge >= 0.3 is 0 Å². The molecule has 0 saturated carbocycles. The smallest absolute Gasteiger partial charge is 0.242 e. The second kappa shape index (κ2) is 7.16. The van der Waals surface area contributed by atoms with Crippen molar-refractivity contribution < 1.29 is 13.2 Å². The summed E-state index contributed by atoms with van der Waals surface area (Å²) in [6.07, 6.45) is 4.51. The lowest BCUT2D eigenvalue weighted by Crippen LogP contribution is -2.56. The van der Waals surface area contributed by atoms with E-state index in [9.17, 15) is 8.42 Å². The van der Waals surface area contributed by atoms with Crippen LogP contribution in [0.15, 0.2) is 47.7 Å². The van der Waals surface area contributed by atoms with Gasteiger partial charge in [-0.25, -0.2) is 17.7 Å². The van der Waals surface area contributed by atoms with E-state index in [1.165, 1.54) is 7.05 Å². The van der Waals surface area contributed by atoms with E-state index in [2.05, 4.69) is 21.0 Å². The Balaban J connectivity index is 1.62. The van der Waals surface area contributed by atoms with Crippen LogP contribution in [0.25, 0.3) is 10.9 Å². The zero-order valence-electron chi connectivity index (χ0n) is 18.2. The summed E-state index contributed by atoms with van der Waals surface area (Å²) in [5.41, 5.74) is 9.49.